The van der Waals surface area contributed by atoms with Crippen LogP contribution in [0.3, 0.4) is 0 Å². The summed E-state index contributed by atoms with van der Waals surface area (Å²) < 4.78 is 0. The number of hydrogen-bond donors (Lipinski definition) is 1. The van der Waals surface area contributed by atoms with Gasteiger partial charge in [-0.2, -0.15) is 0 Å². The Morgan fingerprint density at radius 1 is 1.12 bits per heavy atom. The normalized spacial score (nSPS) is 12.0. The maximum atomic E-state index is 11.1. The van der Waals surface area contributed by atoms with Crippen molar-refractivity contribution < 1.29 is 14.8 Å². The highest BCUT2D eigenvalue weighted by Gasteiger charge is 2.33. The van der Waals surface area contributed by atoms with Crippen molar-refractivity contribution in [2.45, 2.75) is 13.3 Å². The maximum absolute atomic E-state index is 11.1. The molecule has 0 saturated carbocycles. The molecule has 0 atom stereocenters. The third kappa shape index (κ3) is 6.60. The number of imide groups is 1. The Morgan fingerprint density at radius 3 is 2.12 bits per heavy atom. The molecular formula is C16H23ClN4O3. The summed E-state index contributed by atoms with van der Waals surface area (Å²) in [5.41, 5.74) is 0.509. The molecule has 0 aliphatic carbocycles. The summed E-state index contributed by atoms with van der Waals surface area (Å²) in [7, 11) is 4.12. The minimum Gasteiger partial charge on any atom is -0.309 e. The van der Waals surface area contributed by atoms with Crippen LogP contribution in [0.2, 0.25) is 0 Å². The lowest BCUT2D eigenvalue weighted by Gasteiger charge is -2.05. The van der Waals surface area contributed by atoms with Crippen LogP contribution in [0.15, 0.2) is 34.3 Å². The van der Waals surface area contributed by atoms with Crippen LogP contribution in [0.1, 0.15) is 34.1 Å². The molecule has 0 radical (unpaired) electrons. The lowest BCUT2D eigenvalue weighted by atomic mass is 10.1. The highest BCUT2D eigenvalue weighted by molar-refractivity contribution is 6.20. The lowest BCUT2D eigenvalue weighted by Crippen LogP contribution is -2.25. The van der Waals surface area contributed by atoms with Crippen LogP contribution in [-0.2, 0) is 0 Å². The first kappa shape index (κ1) is 21.9. The van der Waals surface area contributed by atoms with Gasteiger partial charge in [0.05, 0.1) is 23.7 Å². The quantitative estimate of drug-likeness (QED) is 0.380. The zero-order chi connectivity index (χ0) is 17.2. The molecule has 1 aromatic rings. The Bertz CT molecular complexity index is 578. The number of amides is 2. The Morgan fingerprint density at radius 2 is 1.67 bits per heavy atom. The van der Waals surface area contributed by atoms with Crippen molar-refractivity contribution in [1.82, 2.24) is 9.96 Å². The van der Waals surface area contributed by atoms with E-state index >= 15 is 0 Å². The van der Waals surface area contributed by atoms with E-state index in [4.69, 9.17) is 5.21 Å². The minimum absolute atomic E-state index is 0. The predicted octanol–water partition coefficient (Wildman–Crippen LogP) is 2.23. The topological polar surface area (TPSA) is 85.6 Å². The third-order valence-electron chi connectivity index (χ3n) is 2.95. The summed E-state index contributed by atoms with van der Waals surface area (Å²) in [5, 5.41) is 9.05. The van der Waals surface area contributed by atoms with Gasteiger partial charge in [0.2, 0.25) is 0 Å². The molecule has 7 nitrogen and oxygen atoms in total. The van der Waals surface area contributed by atoms with Gasteiger partial charge in [0.1, 0.15) is 0 Å². The molecule has 8 heteroatoms. The van der Waals surface area contributed by atoms with Crippen molar-refractivity contribution in [3.63, 3.8) is 0 Å². The van der Waals surface area contributed by atoms with E-state index in [1.165, 1.54) is 12.1 Å². The first-order valence-electron chi connectivity index (χ1n) is 7.38. The van der Waals surface area contributed by atoms with Crippen molar-refractivity contribution in [3.8, 4) is 0 Å². The fourth-order valence-corrected chi connectivity index (χ4v) is 1.81. The van der Waals surface area contributed by atoms with Gasteiger partial charge in [0.15, 0.2) is 0 Å². The second-order valence-electron chi connectivity index (χ2n) is 5.08. The van der Waals surface area contributed by atoms with E-state index in [9.17, 15) is 9.59 Å². The van der Waals surface area contributed by atoms with E-state index < -0.39 is 11.8 Å². The van der Waals surface area contributed by atoms with Crippen LogP contribution in [0, 0.1) is 0 Å². The second-order valence-corrected chi connectivity index (χ2v) is 5.08. The van der Waals surface area contributed by atoms with Crippen LogP contribution < -0.4 is 0 Å². The van der Waals surface area contributed by atoms with E-state index in [2.05, 4.69) is 35.0 Å². The number of hydrogen-bond acceptors (Lipinski definition) is 6. The number of carbonyl (C=O) groups is 2. The number of fused-ring (bicyclic) bond motifs is 1. The highest BCUT2D eigenvalue weighted by Crippen LogP contribution is 2.19. The molecule has 2 amide bonds. The van der Waals surface area contributed by atoms with Crippen molar-refractivity contribution in [3.05, 3.63) is 35.4 Å². The fraction of sp³-hybridized carbons (Fsp3) is 0.438. The zero-order valence-corrected chi connectivity index (χ0v) is 14.9. The molecule has 2 rings (SSSR count). The summed E-state index contributed by atoms with van der Waals surface area (Å²) in [4.78, 5) is 32.1. The van der Waals surface area contributed by atoms with Crippen molar-refractivity contribution >= 4 is 30.2 Å². The summed E-state index contributed by atoms with van der Waals surface area (Å²) in [6.07, 6.45) is 1.08. The summed E-state index contributed by atoms with van der Waals surface area (Å²) in [6, 6.07) is 8.94. The molecule has 0 unspecified atom stereocenters. The summed E-state index contributed by atoms with van der Waals surface area (Å²) in [6.45, 7) is 4.67. The SMILES string of the molecule is CCN=C=NCCCN(C)C.Cl.O=C1c2ccccc2C(=O)N1O. The predicted molar refractivity (Wildman–Crippen MR) is 94.4 cm³/mol. The Hall–Kier alpha value is -2.05. The average Bonchev–Trinajstić information content (AvgIpc) is 2.76. The third-order valence-corrected chi connectivity index (χ3v) is 2.95. The number of benzene rings is 1. The first-order chi connectivity index (χ1) is 11.0. The number of hydroxylamine groups is 2. The number of halogens is 1. The summed E-state index contributed by atoms with van der Waals surface area (Å²) in [5.74, 6) is -1.31. The Labute approximate surface area is 148 Å². The number of nitrogens with zero attached hydrogens (tertiary/aromatic N) is 4. The van der Waals surface area contributed by atoms with Crippen LogP contribution in [0.25, 0.3) is 0 Å². The molecule has 0 bridgehead atoms. The van der Waals surface area contributed by atoms with Gasteiger partial charge < -0.3 is 4.90 Å². The van der Waals surface area contributed by atoms with E-state index in [1.807, 2.05) is 6.92 Å². The van der Waals surface area contributed by atoms with E-state index in [0.717, 1.165) is 26.1 Å². The molecule has 0 aromatic heterocycles. The Kier molecular flexibility index (Phi) is 10.5. The number of rotatable bonds is 5. The minimum atomic E-state index is -0.657. The van der Waals surface area contributed by atoms with Crippen molar-refractivity contribution in [2.24, 2.45) is 9.98 Å². The van der Waals surface area contributed by atoms with E-state index in [0.29, 0.717) is 0 Å². The molecule has 1 aromatic carbocycles. The number of carbonyl (C=O) groups excluding carboxylic acids is 2. The first-order valence-corrected chi connectivity index (χ1v) is 7.38. The van der Waals surface area contributed by atoms with Crippen LogP contribution in [0.5, 0.6) is 0 Å². The van der Waals surface area contributed by atoms with Gasteiger partial charge in [0.25, 0.3) is 11.8 Å². The maximum Gasteiger partial charge on any atom is 0.285 e. The molecule has 1 N–H and O–H groups in total. The smallest absolute Gasteiger partial charge is 0.285 e. The van der Waals surface area contributed by atoms with Gasteiger partial charge in [-0.15, -0.1) is 17.5 Å². The molecule has 0 saturated heterocycles. The summed E-state index contributed by atoms with van der Waals surface area (Å²) >= 11 is 0. The molecule has 132 valence electrons. The van der Waals surface area contributed by atoms with Gasteiger partial charge >= 0.3 is 0 Å². The van der Waals surface area contributed by atoms with Crippen LogP contribution >= 0.6 is 12.4 Å². The van der Waals surface area contributed by atoms with Gasteiger partial charge in [-0.25, -0.2) is 9.98 Å². The average molecular weight is 355 g/mol. The molecule has 24 heavy (non-hydrogen) atoms. The van der Waals surface area contributed by atoms with Gasteiger partial charge in [-0.1, -0.05) is 12.1 Å². The largest absolute Gasteiger partial charge is 0.309 e. The van der Waals surface area contributed by atoms with Crippen LogP contribution in [0.4, 0.5) is 0 Å². The number of aliphatic imine (C=N–C) groups is 2. The molecule has 1 aliphatic rings. The lowest BCUT2D eigenvalue weighted by molar-refractivity contribution is -0.0327. The van der Waals surface area contributed by atoms with Crippen molar-refractivity contribution in [2.75, 3.05) is 33.7 Å². The monoisotopic (exact) mass is 354 g/mol. The van der Waals surface area contributed by atoms with E-state index in [-0.39, 0.29) is 28.6 Å². The zero-order valence-electron chi connectivity index (χ0n) is 14.1. The fourth-order valence-electron chi connectivity index (χ4n) is 1.81. The van der Waals surface area contributed by atoms with E-state index in [1.54, 1.807) is 12.1 Å². The highest BCUT2D eigenvalue weighted by atomic mass is 35.5. The molecule has 0 spiro atoms. The van der Waals surface area contributed by atoms with Gasteiger partial charge in [-0.3, -0.25) is 14.8 Å². The van der Waals surface area contributed by atoms with Gasteiger partial charge in [0, 0.05) is 6.54 Å². The molecule has 1 aliphatic heterocycles. The van der Waals surface area contributed by atoms with Crippen molar-refractivity contribution in [1.29, 1.82) is 0 Å². The Balaban J connectivity index is 0.000000426. The second kappa shape index (κ2) is 11.5. The van der Waals surface area contributed by atoms with Gasteiger partial charge in [-0.05, 0) is 46.1 Å². The standard InChI is InChI=1S/C8H17N3.C8H5NO3.ClH/c1-4-9-8-10-6-5-7-11(2)3;10-7-5-3-1-2-4-6(5)8(11)9(7)12;/h4-7H2,1-3H3;1-4,12H;1H. The molecular weight excluding hydrogens is 332 g/mol. The molecule has 0 fully saturated rings. The molecule has 1 heterocycles. The van der Waals surface area contributed by atoms with Crippen LogP contribution in [-0.4, -0.2) is 66.7 Å².